The Morgan fingerprint density at radius 2 is 2.06 bits per heavy atom. The fourth-order valence-electron chi connectivity index (χ4n) is 0.954. The molecule has 0 fully saturated rings. The lowest BCUT2D eigenvalue weighted by atomic mass is 10.2. The molecule has 0 aromatic carbocycles. The topological polar surface area (TPSA) is 39.2 Å². The van der Waals surface area contributed by atoms with E-state index < -0.39 is 16.0 Å². The fourth-order valence-corrected chi connectivity index (χ4v) is 1.57. The Hall–Kier alpha value is -1.18. The molecule has 17 heavy (non-hydrogen) atoms. The summed E-state index contributed by atoms with van der Waals surface area (Å²) in [5.74, 6) is 2.47. The van der Waals surface area contributed by atoms with E-state index in [1.807, 2.05) is 0 Å². The van der Waals surface area contributed by atoms with Crippen molar-refractivity contribution >= 4 is 27.6 Å². The summed E-state index contributed by atoms with van der Waals surface area (Å²) in [4.78, 5) is 15.2. The van der Waals surface area contributed by atoms with Crippen LogP contribution < -0.4 is 0 Å². The average molecular weight is 272 g/mol. The number of carbonyl (C=O) groups is 1. The molecule has 1 heterocycles. The highest BCUT2D eigenvalue weighted by atomic mass is 35.5. The Kier molecular flexibility index (Phi) is 4.44. The van der Waals surface area contributed by atoms with Crippen LogP contribution in [0.2, 0.25) is 5.15 Å². The van der Waals surface area contributed by atoms with Gasteiger partial charge in [-0.2, -0.15) is 10.0 Å². The number of pyridine rings is 1. The zero-order chi connectivity index (χ0) is 13.1. The minimum absolute atomic E-state index is 0.186. The molecule has 92 valence electrons. The zero-order valence-corrected chi connectivity index (χ0v) is 11.8. The van der Waals surface area contributed by atoms with Gasteiger partial charge in [-0.1, -0.05) is 17.5 Å². The number of hydrogen-bond acceptors (Lipinski definition) is 3. The van der Waals surface area contributed by atoms with Crippen molar-refractivity contribution < 1.29 is 9.53 Å². The van der Waals surface area contributed by atoms with Gasteiger partial charge in [0.05, 0.1) is 12.7 Å². The molecule has 0 N–H and O–H groups in total. The monoisotopic (exact) mass is 271 g/mol. The van der Waals surface area contributed by atoms with E-state index in [1.54, 1.807) is 12.1 Å². The lowest BCUT2D eigenvalue weighted by Crippen LogP contribution is -2.04. The highest BCUT2D eigenvalue weighted by molar-refractivity contribution is 8.35. The third-order valence-corrected chi connectivity index (χ3v) is 2.74. The maximum absolute atomic E-state index is 11.2. The second kappa shape index (κ2) is 5.44. The van der Waals surface area contributed by atoms with Gasteiger partial charge in [0, 0.05) is 0 Å². The highest BCUT2D eigenvalue weighted by Crippen LogP contribution is 2.32. The molecule has 5 heteroatoms. The summed E-state index contributed by atoms with van der Waals surface area (Å²) in [6.45, 7) is 0. The predicted molar refractivity (Wildman–Crippen MR) is 72.8 cm³/mol. The minimum Gasteiger partial charge on any atom is -0.464 e. The SMILES string of the molecule is COC(=O)c1ccc(C#CS(C)(C)C)c(Cl)n1. The second-order valence-corrected chi connectivity index (χ2v) is 8.33. The number of hydrogen-bond donors (Lipinski definition) is 0. The maximum Gasteiger partial charge on any atom is 0.356 e. The van der Waals surface area contributed by atoms with Gasteiger partial charge < -0.3 is 4.74 Å². The predicted octanol–water partition coefficient (Wildman–Crippen LogP) is 2.52. The lowest BCUT2D eigenvalue weighted by molar-refractivity contribution is 0.0594. The first kappa shape index (κ1) is 13.9. The zero-order valence-electron chi connectivity index (χ0n) is 10.2. The molecule has 1 rings (SSSR count). The molecular formula is C12H14ClNO2S. The largest absolute Gasteiger partial charge is 0.464 e. The molecule has 0 aliphatic heterocycles. The summed E-state index contributed by atoms with van der Waals surface area (Å²) in [5, 5.41) is 3.36. The van der Waals surface area contributed by atoms with Crippen LogP contribution in [0.5, 0.6) is 0 Å². The van der Waals surface area contributed by atoms with Gasteiger partial charge in [-0.05, 0) is 36.2 Å². The number of ether oxygens (including phenoxy) is 1. The first-order valence-electron chi connectivity index (χ1n) is 4.79. The van der Waals surface area contributed by atoms with Crippen molar-refractivity contribution in [2.75, 3.05) is 25.9 Å². The number of rotatable bonds is 1. The van der Waals surface area contributed by atoms with Crippen LogP contribution in [0.3, 0.4) is 0 Å². The standard InChI is InChI=1S/C12H14ClNO2S/c1-16-12(15)10-6-5-9(11(13)14-10)7-8-17(2,3)4/h5-6H,1-4H3. The Morgan fingerprint density at radius 1 is 1.41 bits per heavy atom. The first-order chi connectivity index (χ1) is 7.83. The lowest BCUT2D eigenvalue weighted by Gasteiger charge is -2.14. The van der Waals surface area contributed by atoms with Gasteiger partial charge in [0.15, 0.2) is 0 Å². The Bertz CT molecular complexity index is 497. The Balaban J connectivity index is 3.05. The van der Waals surface area contributed by atoms with Crippen molar-refractivity contribution in [2.24, 2.45) is 0 Å². The highest BCUT2D eigenvalue weighted by Gasteiger charge is 2.09. The number of esters is 1. The average Bonchev–Trinajstić information content (AvgIpc) is 2.25. The Labute approximate surface area is 108 Å². The molecule has 0 spiro atoms. The van der Waals surface area contributed by atoms with E-state index in [1.165, 1.54) is 7.11 Å². The van der Waals surface area contributed by atoms with Crippen molar-refractivity contribution in [1.29, 1.82) is 0 Å². The molecule has 0 unspecified atom stereocenters. The van der Waals surface area contributed by atoms with Crippen LogP contribution in [0.15, 0.2) is 12.1 Å². The summed E-state index contributed by atoms with van der Waals surface area (Å²) in [7, 11) is 0.391. The van der Waals surface area contributed by atoms with Crippen molar-refractivity contribution in [3.05, 3.63) is 28.5 Å². The van der Waals surface area contributed by atoms with Crippen molar-refractivity contribution in [1.82, 2.24) is 4.98 Å². The number of aromatic nitrogens is 1. The molecule has 0 atom stereocenters. The van der Waals surface area contributed by atoms with E-state index in [9.17, 15) is 4.79 Å². The van der Waals surface area contributed by atoms with Crippen molar-refractivity contribution in [2.45, 2.75) is 0 Å². The summed E-state index contributed by atoms with van der Waals surface area (Å²) >= 11 is 5.95. The molecule has 1 aromatic heterocycles. The molecule has 0 amide bonds. The second-order valence-electron chi connectivity index (χ2n) is 4.09. The van der Waals surface area contributed by atoms with E-state index in [0.29, 0.717) is 5.56 Å². The number of halogens is 1. The van der Waals surface area contributed by atoms with Gasteiger partial charge in [0.25, 0.3) is 0 Å². The smallest absolute Gasteiger partial charge is 0.356 e. The van der Waals surface area contributed by atoms with Gasteiger partial charge in [0.1, 0.15) is 10.8 Å². The molecule has 0 radical (unpaired) electrons. The quantitative estimate of drug-likeness (QED) is 0.448. The van der Waals surface area contributed by atoms with E-state index in [-0.39, 0.29) is 10.8 Å². The Morgan fingerprint density at radius 3 is 2.53 bits per heavy atom. The summed E-state index contributed by atoms with van der Waals surface area (Å²) in [6, 6.07) is 3.24. The third kappa shape index (κ3) is 4.29. The van der Waals surface area contributed by atoms with E-state index in [0.717, 1.165) is 0 Å². The van der Waals surface area contributed by atoms with E-state index in [4.69, 9.17) is 11.6 Å². The van der Waals surface area contributed by atoms with Crippen LogP contribution in [0, 0.1) is 11.2 Å². The van der Waals surface area contributed by atoms with Gasteiger partial charge in [-0.25, -0.2) is 9.78 Å². The summed E-state index contributed by atoms with van der Waals surface area (Å²) < 4.78 is 4.55. The number of methoxy groups -OCH3 is 1. The van der Waals surface area contributed by atoms with Crippen molar-refractivity contribution in [3.8, 4) is 11.2 Å². The van der Waals surface area contributed by atoms with Crippen LogP contribution in [0.4, 0.5) is 0 Å². The van der Waals surface area contributed by atoms with Gasteiger partial charge >= 0.3 is 5.97 Å². The number of nitrogens with zero attached hydrogens (tertiary/aromatic N) is 1. The third-order valence-electron chi connectivity index (χ3n) is 1.74. The van der Waals surface area contributed by atoms with E-state index >= 15 is 0 Å². The van der Waals surface area contributed by atoms with Crippen LogP contribution in [0.25, 0.3) is 0 Å². The maximum atomic E-state index is 11.2. The molecule has 0 aliphatic carbocycles. The van der Waals surface area contributed by atoms with Gasteiger partial charge in [0.2, 0.25) is 0 Å². The fraction of sp³-hybridized carbons (Fsp3) is 0.333. The molecule has 0 saturated heterocycles. The van der Waals surface area contributed by atoms with Crippen LogP contribution in [-0.4, -0.2) is 36.8 Å². The molecular weight excluding hydrogens is 258 g/mol. The molecule has 3 nitrogen and oxygen atoms in total. The van der Waals surface area contributed by atoms with E-state index in [2.05, 4.69) is 39.7 Å². The van der Waals surface area contributed by atoms with Crippen molar-refractivity contribution in [3.63, 3.8) is 0 Å². The molecule has 0 saturated carbocycles. The molecule has 1 aromatic rings. The van der Waals surface area contributed by atoms with Crippen LogP contribution in [0.1, 0.15) is 16.1 Å². The van der Waals surface area contributed by atoms with Gasteiger partial charge in [-0.15, -0.1) is 0 Å². The first-order valence-corrected chi connectivity index (χ1v) is 8.03. The van der Waals surface area contributed by atoms with Gasteiger partial charge in [-0.3, -0.25) is 0 Å². The number of carbonyl (C=O) groups excluding carboxylic acids is 1. The van der Waals surface area contributed by atoms with Crippen LogP contribution in [-0.2, 0) is 4.74 Å². The molecule has 0 bridgehead atoms. The molecule has 0 aliphatic rings. The summed E-state index contributed by atoms with van der Waals surface area (Å²) in [5.41, 5.74) is 0.813. The normalized spacial score (nSPS) is 11.4. The minimum atomic E-state index is -0.909. The van der Waals surface area contributed by atoms with Crippen LogP contribution >= 0.6 is 21.6 Å². The summed E-state index contributed by atoms with van der Waals surface area (Å²) in [6.07, 6.45) is 6.26.